The first-order valence-corrected chi connectivity index (χ1v) is 37.2. The smallest absolute Gasteiger partial charge is 0.326 e. The Kier molecular flexibility index (Phi) is 31.8. The van der Waals surface area contributed by atoms with Crippen LogP contribution in [0.3, 0.4) is 0 Å². The van der Waals surface area contributed by atoms with E-state index < -0.39 is 47.8 Å². The number of carbonyl (C=O) groups excluding carboxylic acids is 4. The Bertz CT molecular complexity index is 3770. The first-order valence-electron chi connectivity index (χ1n) is 33.9. The highest BCUT2D eigenvalue weighted by Crippen LogP contribution is 2.33. The largest absolute Gasteiger partial charge is 0.480 e. The zero-order valence-corrected chi connectivity index (χ0v) is 59.8. The van der Waals surface area contributed by atoms with Gasteiger partial charge in [-0.1, -0.05) is 144 Å². The molecule has 526 valence electrons. The van der Waals surface area contributed by atoms with Crippen LogP contribution < -0.4 is 37.2 Å². The maximum atomic E-state index is 13.3. The molecule has 4 amide bonds. The van der Waals surface area contributed by atoms with E-state index in [1.54, 1.807) is 36.0 Å². The lowest BCUT2D eigenvalue weighted by molar-refractivity contribution is -0.140. The SMILES string of the molecule is CC(C)C[C@H](NC(=O)c1ccc(NCC2CC(S)CN2)cc1-c1ccccc1)C(=O)O.CC[C@H](CC1CCCCC1)NCc1ccc(C(=O)N[C@@H](CCSC)C(=O)O)c(-c2ccccc2C)c1.CSCC[C@H](NC(=O)c1ccc(NC(=O)c2cnccn2)cc1-c1ccccc1)C(=O)O. The van der Waals surface area contributed by atoms with Crippen LogP contribution in [0.15, 0.2) is 158 Å². The molecule has 0 bridgehead atoms. The molecule has 99 heavy (non-hydrogen) atoms. The third kappa shape index (κ3) is 24.7. The third-order valence-corrected chi connectivity index (χ3v) is 19.1. The lowest BCUT2D eigenvalue weighted by atomic mass is 9.84. The highest BCUT2D eigenvalue weighted by atomic mass is 32.2. The molecule has 6 atom stereocenters. The van der Waals surface area contributed by atoms with Crippen molar-refractivity contribution < 1.29 is 48.9 Å². The highest BCUT2D eigenvalue weighted by Gasteiger charge is 2.28. The van der Waals surface area contributed by atoms with E-state index in [2.05, 4.69) is 72.8 Å². The second-order valence-electron chi connectivity index (χ2n) is 25.4. The van der Waals surface area contributed by atoms with Crippen molar-refractivity contribution in [2.45, 2.75) is 140 Å². The number of nitrogens with zero attached hydrogens (tertiary/aromatic N) is 2. The van der Waals surface area contributed by atoms with Gasteiger partial charge in [-0.2, -0.15) is 36.2 Å². The van der Waals surface area contributed by atoms with E-state index in [1.165, 1.54) is 68.9 Å². The van der Waals surface area contributed by atoms with Gasteiger partial charge in [-0.25, -0.2) is 19.4 Å². The summed E-state index contributed by atoms with van der Waals surface area (Å²) in [6, 6.07) is 41.3. The van der Waals surface area contributed by atoms with Gasteiger partial charge in [0, 0.05) is 77.4 Å². The summed E-state index contributed by atoms with van der Waals surface area (Å²) in [5.41, 5.74) is 9.86. The molecular weight excluding hydrogens is 1310 g/mol. The summed E-state index contributed by atoms with van der Waals surface area (Å²) in [4.78, 5) is 94.5. The quantitative estimate of drug-likeness (QED) is 0.0180. The average molecular weight is 1400 g/mol. The Hall–Kier alpha value is -8.54. The minimum absolute atomic E-state index is 0.155. The highest BCUT2D eigenvalue weighted by molar-refractivity contribution is 7.98. The second-order valence-corrected chi connectivity index (χ2v) is 28.1. The molecule has 10 N–H and O–H groups in total. The van der Waals surface area contributed by atoms with Crippen LogP contribution in [0, 0.1) is 18.8 Å². The van der Waals surface area contributed by atoms with Gasteiger partial charge < -0.3 is 52.5 Å². The number of hydrogen-bond donors (Lipinski definition) is 11. The van der Waals surface area contributed by atoms with Crippen molar-refractivity contribution in [1.29, 1.82) is 0 Å². The van der Waals surface area contributed by atoms with Gasteiger partial charge in [0.15, 0.2) is 0 Å². The molecule has 2 unspecified atom stereocenters. The number of thiol groups is 1. The van der Waals surface area contributed by atoms with E-state index in [0.717, 1.165) is 83.0 Å². The van der Waals surface area contributed by atoms with Crippen LogP contribution in [0.2, 0.25) is 0 Å². The summed E-state index contributed by atoms with van der Waals surface area (Å²) in [6.45, 7) is 10.6. The average Bonchev–Trinajstić information content (AvgIpc) is 1.03. The molecule has 0 spiro atoms. The van der Waals surface area contributed by atoms with Crippen LogP contribution in [-0.2, 0) is 20.9 Å². The molecule has 2 aliphatic rings. The maximum absolute atomic E-state index is 13.3. The van der Waals surface area contributed by atoms with Crippen LogP contribution in [0.4, 0.5) is 11.4 Å². The molecule has 19 nitrogen and oxygen atoms in total. The van der Waals surface area contributed by atoms with Crippen molar-refractivity contribution in [2.75, 3.05) is 47.7 Å². The molecule has 7 aromatic rings. The topological polar surface area (TPSA) is 290 Å². The van der Waals surface area contributed by atoms with Crippen molar-refractivity contribution in [3.63, 3.8) is 0 Å². The Morgan fingerprint density at radius 2 is 1.15 bits per heavy atom. The van der Waals surface area contributed by atoms with Crippen molar-refractivity contribution in [2.24, 2.45) is 11.8 Å². The predicted molar refractivity (Wildman–Crippen MR) is 402 cm³/mol. The predicted octanol–water partition coefficient (Wildman–Crippen LogP) is 13.4. The van der Waals surface area contributed by atoms with Crippen molar-refractivity contribution in [3.05, 3.63) is 192 Å². The van der Waals surface area contributed by atoms with Gasteiger partial charge >= 0.3 is 17.9 Å². The first kappa shape index (κ1) is 77.8. The molecular formula is C77H95N9O10S3. The number of carbonyl (C=O) groups is 7. The molecule has 1 aliphatic carbocycles. The Morgan fingerprint density at radius 1 is 0.616 bits per heavy atom. The van der Waals surface area contributed by atoms with E-state index in [1.807, 2.05) is 142 Å². The van der Waals surface area contributed by atoms with Gasteiger partial charge in [-0.15, -0.1) is 0 Å². The molecule has 2 heterocycles. The number of thioether (sulfide) groups is 2. The van der Waals surface area contributed by atoms with Crippen LogP contribution in [-0.4, -0.2) is 139 Å². The summed E-state index contributed by atoms with van der Waals surface area (Å²) in [7, 11) is 0. The molecule has 1 aliphatic heterocycles. The molecule has 6 aromatic carbocycles. The molecule has 0 radical (unpaired) electrons. The van der Waals surface area contributed by atoms with E-state index >= 15 is 0 Å². The van der Waals surface area contributed by atoms with Crippen molar-refractivity contribution in [3.8, 4) is 33.4 Å². The van der Waals surface area contributed by atoms with Gasteiger partial charge in [0.1, 0.15) is 23.8 Å². The lowest BCUT2D eigenvalue weighted by Crippen LogP contribution is -2.41. The number of anilines is 2. The van der Waals surface area contributed by atoms with E-state index in [-0.39, 0.29) is 23.4 Å². The molecule has 2 fully saturated rings. The standard InChI is InChI=1S/C30H42N2O3S.C24H31N3O3S.C23H22N4O4S/c1-4-24(18-22-11-6-5-7-12-22)31-20-23-14-15-26(27(19-23)25-13-9-8-10-21(25)2)29(33)32-28(30(34)35)16-17-36-3;1-15(2)10-22(24(29)30)27-23(28)20-9-8-17(25-13-18-11-19(31)14-26-18)12-21(20)16-6-4-3-5-7-16;1-32-12-9-19(23(30)31)27-21(28)17-8-7-16(13-18(17)15-5-3-2-4-6-15)26-22(29)20-14-24-10-11-25-20/h8-10,13-15,19,22,24,28,31H,4-7,11-12,16-18,20H2,1-3H3,(H,32,33)(H,34,35);3-9,12,15,18-19,22,25-26,31H,10-11,13-14H2,1-2H3,(H,27,28)(H,29,30);2-8,10-11,13-14,19H,9,12H2,1H3,(H,26,29)(H,27,28)(H,30,31)/t24-,28+;18?,19?,22-;19-/m100/s1. The number of benzene rings is 6. The monoisotopic (exact) mass is 1400 g/mol. The maximum Gasteiger partial charge on any atom is 0.326 e. The van der Waals surface area contributed by atoms with Gasteiger partial charge in [0.25, 0.3) is 23.6 Å². The zero-order valence-electron chi connectivity index (χ0n) is 57.3. The zero-order chi connectivity index (χ0) is 71.2. The number of aliphatic carboxylic acids is 3. The van der Waals surface area contributed by atoms with E-state index in [0.29, 0.717) is 76.0 Å². The number of aromatic nitrogens is 2. The Morgan fingerprint density at radius 3 is 1.67 bits per heavy atom. The minimum atomic E-state index is -1.08. The molecule has 1 aromatic heterocycles. The van der Waals surface area contributed by atoms with Crippen LogP contribution in [0.5, 0.6) is 0 Å². The summed E-state index contributed by atoms with van der Waals surface area (Å²) in [6.07, 6.45) is 19.3. The van der Waals surface area contributed by atoms with Crippen LogP contribution in [0.25, 0.3) is 33.4 Å². The summed E-state index contributed by atoms with van der Waals surface area (Å²) in [5, 5.41) is 50.4. The number of aryl methyl sites for hydroxylation is 1. The van der Waals surface area contributed by atoms with Gasteiger partial charge in [0.2, 0.25) is 0 Å². The number of amides is 4. The molecule has 1 saturated carbocycles. The number of carboxylic acid groups (broad SMARTS) is 3. The number of carboxylic acids is 3. The lowest BCUT2D eigenvalue weighted by Gasteiger charge is -2.27. The first-order chi connectivity index (χ1) is 47.7. The van der Waals surface area contributed by atoms with Crippen molar-refractivity contribution in [1.82, 2.24) is 36.6 Å². The normalized spacial score (nSPS) is 15.5. The fraction of sp³-hybridized carbons (Fsp3) is 0.390. The van der Waals surface area contributed by atoms with Gasteiger partial charge in [-0.05, 0) is 174 Å². The number of hydrogen-bond acceptors (Lipinski definition) is 15. The Balaban J connectivity index is 0.000000209. The molecule has 1 saturated heterocycles. The number of nitrogens with one attached hydrogen (secondary N) is 7. The second kappa shape index (κ2) is 40.5. The fourth-order valence-corrected chi connectivity index (χ4v) is 13.4. The minimum Gasteiger partial charge on any atom is -0.480 e. The summed E-state index contributed by atoms with van der Waals surface area (Å²) in [5.74, 6) is -2.49. The van der Waals surface area contributed by atoms with Crippen LogP contribution in [0.1, 0.15) is 144 Å². The van der Waals surface area contributed by atoms with Crippen LogP contribution >= 0.6 is 36.2 Å². The summed E-state index contributed by atoms with van der Waals surface area (Å²) >= 11 is 7.60. The van der Waals surface area contributed by atoms with E-state index in [4.69, 9.17) is 0 Å². The molecule has 22 heteroatoms. The van der Waals surface area contributed by atoms with Gasteiger partial charge in [-0.3, -0.25) is 24.2 Å². The van der Waals surface area contributed by atoms with Crippen molar-refractivity contribution >= 4 is 89.1 Å². The fourth-order valence-electron chi connectivity index (χ4n) is 12.1. The van der Waals surface area contributed by atoms with Gasteiger partial charge in [0.05, 0.1) is 6.20 Å². The summed E-state index contributed by atoms with van der Waals surface area (Å²) < 4.78 is 0. The Labute approximate surface area is 595 Å². The molecule has 9 rings (SSSR count). The number of rotatable bonds is 31. The van der Waals surface area contributed by atoms with E-state index in [9.17, 15) is 48.9 Å². The third-order valence-electron chi connectivity index (χ3n) is 17.4.